The van der Waals surface area contributed by atoms with Crippen molar-refractivity contribution in [2.45, 2.75) is 13.8 Å². The van der Waals surface area contributed by atoms with Crippen LogP contribution in [0.4, 0.5) is 5.69 Å². The van der Waals surface area contributed by atoms with Gasteiger partial charge in [-0.05, 0) is 49.7 Å². The van der Waals surface area contributed by atoms with Gasteiger partial charge in [-0.1, -0.05) is 23.2 Å². The van der Waals surface area contributed by atoms with Crippen molar-refractivity contribution in [2.75, 3.05) is 18.5 Å². The van der Waals surface area contributed by atoms with Crippen molar-refractivity contribution in [3.05, 3.63) is 51.5 Å². The first-order valence-electron chi connectivity index (χ1n) is 7.55. The van der Waals surface area contributed by atoms with Crippen molar-refractivity contribution >= 4 is 41.1 Å². The molecular weight excluding hydrogens is 365 g/mol. The van der Waals surface area contributed by atoms with E-state index in [4.69, 9.17) is 32.7 Å². The minimum Gasteiger partial charge on any atom is -0.490 e. The number of ether oxygens (including phenoxy) is 2. The zero-order chi connectivity index (χ0) is 18.4. The van der Waals surface area contributed by atoms with Crippen molar-refractivity contribution < 1.29 is 19.1 Å². The number of halogens is 2. The Morgan fingerprint density at radius 1 is 1.20 bits per heavy atom. The van der Waals surface area contributed by atoms with Crippen molar-refractivity contribution in [1.29, 1.82) is 0 Å². The molecule has 1 N–H and O–H groups in total. The van der Waals surface area contributed by atoms with Gasteiger partial charge in [0.15, 0.2) is 18.1 Å². The molecule has 0 saturated heterocycles. The Morgan fingerprint density at radius 3 is 2.60 bits per heavy atom. The zero-order valence-corrected chi connectivity index (χ0v) is 15.3. The van der Waals surface area contributed by atoms with E-state index in [0.717, 1.165) is 5.56 Å². The topological polar surface area (TPSA) is 64.6 Å². The zero-order valence-electron chi connectivity index (χ0n) is 13.8. The highest BCUT2D eigenvalue weighted by atomic mass is 35.5. The van der Waals surface area contributed by atoms with Crippen molar-refractivity contribution in [3.63, 3.8) is 0 Å². The van der Waals surface area contributed by atoms with Crippen LogP contribution < -0.4 is 14.8 Å². The minimum absolute atomic E-state index is 0.198. The van der Waals surface area contributed by atoms with Crippen LogP contribution in [0.3, 0.4) is 0 Å². The van der Waals surface area contributed by atoms with Crippen LogP contribution in [0.5, 0.6) is 11.5 Å². The molecule has 0 aliphatic rings. The molecule has 0 saturated carbocycles. The van der Waals surface area contributed by atoms with Gasteiger partial charge in [0.2, 0.25) is 0 Å². The van der Waals surface area contributed by atoms with Crippen molar-refractivity contribution in [1.82, 2.24) is 0 Å². The summed E-state index contributed by atoms with van der Waals surface area (Å²) in [7, 11) is 0. The molecule has 0 aromatic heterocycles. The summed E-state index contributed by atoms with van der Waals surface area (Å²) < 4.78 is 10.9. The van der Waals surface area contributed by atoms with Crippen LogP contribution in [0.15, 0.2) is 30.3 Å². The fraction of sp³-hybridized carbons (Fsp3) is 0.222. The number of rotatable bonds is 7. The van der Waals surface area contributed by atoms with Gasteiger partial charge < -0.3 is 14.8 Å². The van der Waals surface area contributed by atoms with E-state index in [2.05, 4.69) is 5.32 Å². The molecule has 25 heavy (non-hydrogen) atoms. The maximum Gasteiger partial charge on any atom is 0.262 e. The monoisotopic (exact) mass is 381 g/mol. The quantitative estimate of drug-likeness (QED) is 0.715. The van der Waals surface area contributed by atoms with Crippen molar-refractivity contribution in [2.24, 2.45) is 0 Å². The molecule has 0 unspecified atom stereocenters. The predicted molar refractivity (Wildman–Crippen MR) is 98.3 cm³/mol. The molecule has 2 rings (SSSR count). The molecule has 0 aliphatic carbocycles. The average molecular weight is 382 g/mol. The van der Waals surface area contributed by atoms with E-state index in [1.54, 1.807) is 25.1 Å². The van der Waals surface area contributed by atoms with Crippen LogP contribution in [-0.2, 0) is 4.79 Å². The van der Waals surface area contributed by atoms with E-state index < -0.39 is 0 Å². The van der Waals surface area contributed by atoms with Crippen LogP contribution >= 0.6 is 23.2 Å². The summed E-state index contributed by atoms with van der Waals surface area (Å²) in [6.45, 7) is 3.74. The normalized spacial score (nSPS) is 10.2. The van der Waals surface area contributed by atoms with E-state index >= 15 is 0 Å². The summed E-state index contributed by atoms with van der Waals surface area (Å²) in [6.07, 6.45) is 0.661. The van der Waals surface area contributed by atoms with Gasteiger partial charge in [-0.2, -0.15) is 0 Å². The number of nitrogens with one attached hydrogen (secondary N) is 1. The molecular formula is C18H17Cl2NO4. The Hall–Kier alpha value is -2.24. The molecule has 2 aromatic carbocycles. The Kier molecular flexibility index (Phi) is 6.67. The Morgan fingerprint density at radius 2 is 1.96 bits per heavy atom. The smallest absolute Gasteiger partial charge is 0.262 e. The first-order valence-corrected chi connectivity index (χ1v) is 8.30. The molecule has 0 bridgehead atoms. The maximum absolute atomic E-state index is 12.1. The highest BCUT2D eigenvalue weighted by Crippen LogP contribution is 2.36. The van der Waals surface area contributed by atoms with E-state index in [1.165, 1.54) is 12.1 Å². The Labute approximate surface area is 155 Å². The van der Waals surface area contributed by atoms with E-state index in [-0.39, 0.29) is 23.3 Å². The molecule has 5 nitrogen and oxygen atoms in total. The average Bonchev–Trinajstić information content (AvgIpc) is 2.56. The van der Waals surface area contributed by atoms with Crippen LogP contribution in [0, 0.1) is 6.92 Å². The summed E-state index contributed by atoms with van der Waals surface area (Å²) in [4.78, 5) is 23.0. The van der Waals surface area contributed by atoms with Gasteiger partial charge >= 0.3 is 0 Å². The number of benzene rings is 2. The number of aryl methyl sites for hydroxylation is 1. The fourth-order valence-corrected chi connectivity index (χ4v) is 2.65. The molecule has 0 heterocycles. The molecule has 7 heteroatoms. The molecule has 0 atom stereocenters. The summed E-state index contributed by atoms with van der Waals surface area (Å²) in [6, 6.07) is 8.12. The van der Waals surface area contributed by atoms with Crippen LogP contribution in [0.25, 0.3) is 0 Å². The second-order valence-corrected chi connectivity index (χ2v) is 6.02. The lowest BCUT2D eigenvalue weighted by Gasteiger charge is -2.14. The number of amides is 1. The number of carbonyl (C=O) groups is 2. The SMILES string of the molecule is CCOc1cc(C=O)cc(Cl)c1OCC(=O)Nc1ccc(Cl)cc1C. The second-order valence-electron chi connectivity index (χ2n) is 5.18. The third kappa shape index (κ3) is 5.11. The molecule has 0 aliphatic heterocycles. The Balaban J connectivity index is 2.09. The minimum atomic E-state index is -0.358. The number of carbonyl (C=O) groups excluding carboxylic acids is 2. The van der Waals surface area contributed by atoms with Gasteiger partial charge in [0.05, 0.1) is 11.6 Å². The second kappa shape index (κ2) is 8.74. The van der Waals surface area contributed by atoms with Crippen LogP contribution in [0.1, 0.15) is 22.8 Å². The lowest BCUT2D eigenvalue weighted by Crippen LogP contribution is -2.21. The third-order valence-electron chi connectivity index (χ3n) is 3.28. The van der Waals surface area contributed by atoms with E-state index in [0.29, 0.717) is 34.9 Å². The fourth-order valence-electron chi connectivity index (χ4n) is 2.15. The molecule has 2 aromatic rings. The van der Waals surface area contributed by atoms with Gasteiger partial charge in [-0.25, -0.2) is 0 Å². The van der Waals surface area contributed by atoms with Gasteiger partial charge in [0.1, 0.15) is 6.29 Å². The van der Waals surface area contributed by atoms with Gasteiger partial charge in [0.25, 0.3) is 5.91 Å². The first kappa shape index (κ1) is 19.1. The maximum atomic E-state index is 12.1. The summed E-state index contributed by atoms with van der Waals surface area (Å²) in [5.41, 5.74) is 1.84. The van der Waals surface area contributed by atoms with Crippen LogP contribution in [0.2, 0.25) is 10.0 Å². The largest absolute Gasteiger partial charge is 0.490 e. The van der Waals surface area contributed by atoms with E-state index in [9.17, 15) is 9.59 Å². The molecule has 132 valence electrons. The third-order valence-corrected chi connectivity index (χ3v) is 3.79. The van der Waals surface area contributed by atoms with Crippen molar-refractivity contribution in [3.8, 4) is 11.5 Å². The standard InChI is InChI=1S/C18H17Cl2NO4/c1-3-24-16-8-12(9-22)7-14(20)18(16)25-10-17(23)21-15-5-4-13(19)6-11(15)2/h4-9H,3,10H2,1-2H3,(H,21,23). The lowest BCUT2D eigenvalue weighted by molar-refractivity contribution is -0.118. The molecule has 0 fully saturated rings. The number of hydrogen-bond donors (Lipinski definition) is 1. The molecule has 1 amide bonds. The molecule has 0 spiro atoms. The number of anilines is 1. The van der Waals surface area contributed by atoms with Gasteiger partial charge in [-0.15, -0.1) is 0 Å². The van der Waals surface area contributed by atoms with Gasteiger partial charge in [-0.3, -0.25) is 9.59 Å². The predicted octanol–water partition coefficient (Wildman–Crippen LogP) is 4.53. The van der Waals surface area contributed by atoms with Crippen LogP contribution in [-0.4, -0.2) is 25.4 Å². The lowest BCUT2D eigenvalue weighted by atomic mass is 10.2. The molecule has 0 radical (unpaired) electrons. The summed E-state index contributed by atoms with van der Waals surface area (Å²) >= 11 is 12.0. The number of aldehydes is 1. The highest BCUT2D eigenvalue weighted by Gasteiger charge is 2.14. The summed E-state index contributed by atoms with van der Waals surface area (Å²) in [5.74, 6) is 0.174. The van der Waals surface area contributed by atoms with Gasteiger partial charge in [0, 0.05) is 16.3 Å². The highest BCUT2D eigenvalue weighted by molar-refractivity contribution is 6.32. The Bertz CT molecular complexity index is 793. The number of hydrogen-bond acceptors (Lipinski definition) is 4. The first-order chi connectivity index (χ1) is 11.9. The summed E-state index contributed by atoms with van der Waals surface area (Å²) in [5, 5.41) is 3.53. The van der Waals surface area contributed by atoms with E-state index in [1.807, 2.05) is 6.92 Å².